The molecule has 0 radical (unpaired) electrons. The van der Waals surface area contributed by atoms with Crippen molar-refractivity contribution in [1.29, 1.82) is 0 Å². The second kappa shape index (κ2) is 5.83. The Hall–Kier alpha value is -0.900. The molecule has 1 aromatic heterocycles. The predicted molar refractivity (Wildman–Crippen MR) is 66.1 cm³/mol. The first-order valence-electron chi connectivity index (χ1n) is 5.18. The molecular weight excluding hydrogens is 280 g/mol. The highest BCUT2D eigenvalue weighted by molar-refractivity contribution is 7.90. The third-order valence-corrected chi connectivity index (χ3v) is 3.90. The Balaban J connectivity index is 2.35. The molecule has 0 spiro atoms. The van der Waals surface area contributed by atoms with Crippen LogP contribution in [0.5, 0.6) is 0 Å². The maximum atomic E-state index is 10.9. The van der Waals surface area contributed by atoms with Crippen molar-refractivity contribution in [1.82, 2.24) is 5.32 Å². The van der Waals surface area contributed by atoms with Gasteiger partial charge in [-0.05, 0) is 25.1 Å². The minimum atomic E-state index is -3.81. The number of nitrogens with one attached hydrogen (secondary N) is 1. The maximum absolute atomic E-state index is 10.9. The normalized spacial score (nSPS) is 12.8. The molecule has 18 heavy (non-hydrogen) atoms. The summed E-state index contributed by atoms with van der Waals surface area (Å²) in [4.78, 5) is 0. The Morgan fingerprint density at radius 2 is 1.94 bits per heavy atom. The van der Waals surface area contributed by atoms with Gasteiger partial charge in [-0.1, -0.05) is 0 Å². The van der Waals surface area contributed by atoms with Crippen LogP contribution in [0.1, 0.15) is 12.2 Å². The van der Waals surface area contributed by atoms with E-state index >= 15 is 0 Å². The van der Waals surface area contributed by atoms with Crippen LogP contribution in [0.15, 0.2) is 21.6 Å². The molecule has 0 unspecified atom stereocenters. The Labute approximate surface area is 106 Å². The standard InChI is InChI=1S/C9H16N2O5S2/c1-17(12,13)6-2-5-11-7-8-3-4-9(16-8)18(10,14)15/h3-4,11H,2,5-7H2,1H3,(H2,10,14,15). The molecule has 0 aliphatic heterocycles. The minimum absolute atomic E-state index is 0.112. The summed E-state index contributed by atoms with van der Waals surface area (Å²) in [7, 11) is -6.75. The fourth-order valence-electron chi connectivity index (χ4n) is 1.28. The van der Waals surface area contributed by atoms with Crippen LogP contribution >= 0.6 is 0 Å². The van der Waals surface area contributed by atoms with Gasteiger partial charge in [0.25, 0.3) is 10.0 Å². The monoisotopic (exact) mass is 296 g/mol. The lowest BCUT2D eigenvalue weighted by molar-refractivity contribution is 0.402. The molecule has 0 saturated carbocycles. The van der Waals surface area contributed by atoms with E-state index in [4.69, 9.17) is 9.56 Å². The lowest BCUT2D eigenvalue weighted by atomic mass is 10.4. The number of primary sulfonamides is 1. The second-order valence-electron chi connectivity index (χ2n) is 3.93. The molecule has 0 aliphatic carbocycles. The van der Waals surface area contributed by atoms with Crippen LogP contribution in [0.25, 0.3) is 0 Å². The van der Waals surface area contributed by atoms with Crippen molar-refractivity contribution in [3.63, 3.8) is 0 Å². The van der Waals surface area contributed by atoms with Gasteiger partial charge in [0.1, 0.15) is 15.6 Å². The molecule has 9 heteroatoms. The first-order valence-corrected chi connectivity index (χ1v) is 8.79. The molecule has 104 valence electrons. The molecule has 7 nitrogen and oxygen atoms in total. The topological polar surface area (TPSA) is 119 Å². The number of furan rings is 1. The average Bonchev–Trinajstić information content (AvgIpc) is 2.63. The SMILES string of the molecule is CS(=O)(=O)CCCNCc1ccc(S(N)(=O)=O)o1. The number of hydrogen-bond acceptors (Lipinski definition) is 6. The highest BCUT2D eigenvalue weighted by atomic mass is 32.2. The molecule has 0 saturated heterocycles. The summed E-state index contributed by atoms with van der Waals surface area (Å²) in [5.74, 6) is 0.541. The summed E-state index contributed by atoms with van der Waals surface area (Å²) in [6.45, 7) is 0.817. The molecule has 0 amide bonds. The smallest absolute Gasteiger partial charge is 0.271 e. The summed E-state index contributed by atoms with van der Waals surface area (Å²) in [6, 6.07) is 2.78. The van der Waals surface area contributed by atoms with Crippen LogP contribution in [-0.4, -0.2) is 35.4 Å². The Bertz CT molecular complexity index is 588. The third kappa shape index (κ3) is 5.63. The third-order valence-electron chi connectivity index (χ3n) is 2.09. The van der Waals surface area contributed by atoms with Gasteiger partial charge in [0.15, 0.2) is 0 Å². The van der Waals surface area contributed by atoms with E-state index in [1.165, 1.54) is 18.4 Å². The van der Waals surface area contributed by atoms with Gasteiger partial charge in [-0.3, -0.25) is 0 Å². The summed E-state index contributed by atoms with van der Waals surface area (Å²) < 4.78 is 48.6. The van der Waals surface area contributed by atoms with E-state index in [9.17, 15) is 16.8 Å². The number of rotatable bonds is 7. The summed E-state index contributed by atoms with van der Waals surface area (Å²) in [5.41, 5.74) is 0. The van der Waals surface area contributed by atoms with Gasteiger partial charge in [-0.15, -0.1) is 0 Å². The summed E-state index contributed by atoms with van der Waals surface area (Å²) >= 11 is 0. The average molecular weight is 296 g/mol. The Morgan fingerprint density at radius 3 is 2.44 bits per heavy atom. The summed E-state index contributed by atoms with van der Waals surface area (Å²) in [5, 5.41) is 7.55. The highest BCUT2D eigenvalue weighted by Crippen LogP contribution is 2.11. The van der Waals surface area contributed by atoms with Crippen LogP contribution < -0.4 is 10.5 Å². The quantitative estimate of drug-likeness (QED) is 0.652. The molecule has 3 N–H and O–H groups in total. The van der Waals surface area contributed by atoms with E-state index in [2.05, 4.69) is 5.32 Å². The fourth-order valence-corrected chi connectivity index (χ4v) is 2.43. The molecule has 1 aromatic rings. The van der Waals surface area contributed by atoms with Crippen molar-refractivity contribution in [3.05, 3.63) is 17.9 Å². The van der Waals surface area contributed by atoms with E-state index in [0.29, 0.717) is 25.3 Å². The van der Waals surface area contributed by atoms with Gasteiger partial charge >= 0.3 is 0 Å². The molecule has 0 bridgehead atoms. The number of sulfonamides is 1. The van der Waals surface area contributed by atoms with Gasteiger partial charge in [-0.25, -0.2) is 22.0 Å². The maximum Gasteiger partial charge on any atom is 0.271 e. The van der Waals surface area contributed by atoms with Crippen molar-refractivity contribution >= 4 is 19.9 Å². The molecular formula is C9H16N2O5S2. The van der Waals surface area contributed by atoms with Crippen molar-refractivity contribution in [2.45, 2.75) is 18.1 Å². The van der Waals surface area contributed by atoms with Crippen LogP contribution in [0.3, 0.4) is 0 Å². The molecule has 0 atom stereocenters. The lowest BCUT2D eigenvalue weighted by Gasteiger charge is -2.01. The van der Waals surface area contributed by atoms with Gasteiger partial charge in [0.2, 0.25) is 5.09 Å². The van der Waals surface area contributed by atoms with E-state index < -0.39 is 19.9 Å². The van der Waals surface area contributed by atoms with Crippen LogP contribution in [0, 0.1) is 0 Å². The predicted octanol–water partition coefficient (Wildman–Crippen LogP) is -0.549. The van der Waals surface area contributed by atoms with E-state index in [1.54, 1.807) is 0 Å². The number of sulfone groups is 1. The molecule has 0 aromatic carbocycles. The van der Waals surface area contributed by atoms with Gasteiger partial charge in [0, 0.05) is 6.26 Å². The summed E-state index contributed by atoms with van der Waals surface area (Å²) in [6.07, 6.45) is 1.67. The Morgan fingerprint density at radius 1 is 1.28 bits per heavy atom. The number of hydrogen-bond donors (Lipinski definition) is 2. The van der Waals surface area contributed by atoms with Crippen LogP contribution in [0.2, 0.25) is 0 Å². The zero-order valence-electron chi connectivity index (χ0n) is 9.92. The van der Waals surface area contributed by atoms with Crippen molar-refractivity contribution in [3.8, 4) is 0 Å². The molecule has 1 heterocycles. The molecule has 1 rings (SSSR count). The lowest BCUT2D eigenvalue weighted by Crippen LogP contribution is -2.17. The minimum Gasteiger partial charge on any atom is -0.447 e. The first kappa shape index (κ1) is 15.2. The van der Waals surface area contributed by atoms with E-state index in [-0.39, 0.29) is 10.8 Å². The second-order valence-corrected chi connectivity index (χ2v) is 7.68. The fraction of sp³-hybridized carbons (Fsp3) is 0.556. The first-order chi connectivity index (χ1) is 8.18. The van der Waals surface area contributed by atoms with Crippen LogP contribution in [0.4, 0.5) is 0 Å². The van der Waals surface area contributed by atoms with Gasteiger partial charge < -0.3 is 9.73 Å². The highest BCUT2D eigenvalue weighted by Gasteiger charge is 2.12. The van der Waals surface area contributed by atoms with Gasteiger partial charge in [0.05, 0.1) is 12.3 Å². The van der Waals surface area contributed by atoms with Crippen LogP contribution in [-0.2, 0) is 26.4 Å². The Kier molecular flexibility index (Phi) is 4.91. The zero-order valence-corrected chi connectivity index (χ0v) is 11.6. The largest absolute Gasteiger partial charge is 0.447 e. The molecule has 0 aliphatic rings. The number of nitrogens with two attached hydrogens (primary N) is 1. The van der Waals surface area contributed by atoms with Crippen molar-refractivity contribution in [2.75, 3.05) is 18.6 Å². The van der Waals surface area contributed by atoms with E-state index in [0.717, 1.165) is 0 Å². The van der Waals surface area contributed by atoms with Crippen molar-refractivity contribution < 1.29 is 21.3 Å². The zero-order chi connectivity index (χ0) is 13.8. The molecule has 0 fully saturated rings. The van der Waals surface area contributed by atoms with Gasteiger partial charge in [-0.2, -0.15) is 0 Å². The van der Waals surface area contributed by atoms with E-state index in [1.807, 2.05) is 0 Å². The van der Waals surface area contributed by atoms with Crippen molar-refractivity contribution in [2.24, 2.45) is 5.14 Å².